The zero-order chi connectivity index (χ0) is 19.4. The number of hydrogen-bond donors (Lipinski definition) is 0. The lowest BCUT2D eigenvalue weighted by molar-refractivity contribution is -0.0499. The van der Waals surface area contributed by atoms with Crippen LogP contribution in [0.1, 0.15) is 15.9 Å². The molecule has 5 nitrogen and oxygen atoms in total. The molecule has 0 bridgehead atoms. The number of amides is 1. The topological polar surface area (TPSA) is 56.6 Å². The molecule has 1 aliphatic heterocycles. The van der Waals surface area contributed by atoms with E-state index in [0.717, 1.165) is 0 Å². The maximum Gasteiger partial charge on any atom is 0.387 e. The Morgan fingerprint density at radius 1 is 1.11 bits per heavy atom. The maximum absolute atomic E-state index is 13.8. The van der Waals surface area contributed by atoms with E-state index < -0.39 is 12.4 Å². The molecule has 2 aromatic carbocycles. The largest absolute Gasteiger partial charge is 0.435 e. The standard InChI is InChI=1S/C19H16F3N3O2/c20-16-5-2-6-17(15(16)12-23)24-7-9-25(10-8-24)18(26)13-3-1-4-14(11-13)27-19(21)22/h1-6,11,19H,7-10H2. The third-order valence-corrected chi connectivity index (χ3v) is 4.32. The highest BCUT2D eigenvalue weighted by molar-refractivity contribution is 5.94. The molecule has 0 spiro atoms. The van der Waals surface area contributed by atoms with Gasteiger partial charge in [0.15, 0.2) is 0 Å². The van der Waals surface area contributed by atoms with Gasteiger partial charge in [0.1, 0.15) is 23.2 Å². The van der Waals surface area contributed by atoms with E-state index in [9.17, 15) is 18.0 Å². The lowest BCUT2D eigenvalue weighted by atomic mass is 10.1. The normalized spacial score (nSPS) is 14.2. The van der Waals surface area contributed by atoms with Gasteiger partial charge in [0.25, 0.3) is 5.91 Å². The molecule has 1 saturated heterocycles. The number of carbonyl (C=O) groups excluding carboxylic acids is 1. The van der Waals surface area contributed by atoms with Gasteiger partial charge in [-0.05, 0) is 30.3 Å². The second-order valence-corrected chi connectivity index (χ2v) is 5.93. The molecule has 1 heterocycles. The van der Waals surface area contributed by atoms with Gasteiger partial charge < -0.3 is 14.5 Å². The van der Waals surface area contributed by atoms with Crippen molar-refractivity contribution in [1.82, 2.24) is 4.90 Å². The summed E-state index contributed by atoms with van der Waals surface area (Å²) < 4.78 is 42.8. The summed E-state index contributed by atoms with van der Waals surface area (Å²) in [6.07, 6.45) is 0. The number of hydrogen-bond acceptors (Lipinski definition) is 4. The van der Waals surface area contributed by atoms with Crippen molar-refractivity contribution in [2.24, 2.45) is 0 Å². The third-order valence-electron chi connectivity index (χ3n) is 4.32. The minimum absolute atomic E-state index is 0.0193. The summed E-state index contributed by atoms with van der Waals surface area (Å²) >= 11 is 0. The van der Waals surface area contributed by atoms with Crippen molar-refractivity contribution in [3.63, 3.8) is 0 Å². The molecule has 0 N–H and O–H groups in total. The second-order valence-electron chi connectivity index (χ2n) is 5.93. The Bertz CT molecular complexity index is 875. The van der Waals surface area contributed by atoms with Gasteiger partial charge in [-0.25, -0.2) is 4.39 Å². The first-order chi connectivity index (χ1) is 13.0. The highest BCUT2D eigenvalue weighted by Crippen LogP contribution is 2.24. The number of halogens is 3. The number of nitrogens with zero attached hydrogens (tertiary/aromatic N) is 3. The van der Waals surface area contributed by atoms with E-state index in [2.05, 4.69) is 4.74 Å². The molecule has 2 aromatic rings. The number of carbonyl (C=O) groups is 1. The minimum atomic E-state index is -2.96. The first kappa shape index (κ1) is 18.6. The molecule has 1 amide bonds. The van der Waals surface area contributed by atoms with Gasteiger partial charge in [0.05, 0.1) is 5.69 Å². The lowest BCUT2D eigenvalue weighted by Gasteiger charge is -2.36. The molecule has 0 unspecified atom stereocenters. The fourth-order valence-corrected chi connectivity index (χ4v) is 3.03. The number of anilines is 1. The molecule has 3 rings (SSSR count). The fraction of sp³-hybridized carbons (Fsp3) is 0.263. The number of piperazine rings is 1. The molecule has 0 aromatic heterocycles. The molecule has 0 aliphatic carbocycles. The highest BCUT2D eigenvalue weighted by atomic mass is 19.3. The van der Waals surface area contributed by atoms with E-state index in [0.29, 0.717) is 31.9 Å². The van der Waals surface area contributed by atoms with Crippen molar-refractivity contribution in [3.05, 3.63) is 59.4 Å². The monoisotopic (exact) mass is 375 g/mol. The quantitative estimate of drug-likeness (QED) is 0.823. The van der Waals surface area contributed by atoms with E-state index in [1.165, 1.54) is 36.4 Å². The Morgan fingerprint density at radius 3 is 2.48 bits per heavy atom. The van der Waals surface area contributed by atoms with Gasteiger partial charge in [-0.1, -0.05) is 12.1 Å². The fourth-order valence-electron chi connectivity index (χ4n) is 3.03. The van der Waals surface area contributed by atoms with E-state index in [-0.39, 0.29) is 22.8 Å². The van der Waals surface area contributed by atoms with Gasteiger partial charge in [-0.3, -0.25) is 4.79 Å². The minimum Gasteiger partial charge on any atom is -0.435 e. The zero-order valence-electron chi connectivity index (χ0n) is 14.2. The van der Waals surface area contributed by atoms with Crippen LogP contribution in [-0.2, 0) is 0 Å². The van der Waals surface area contributed by atoms with Crippen LogP contribution < -0.4 is 9.64 Å². The van der Waals surface area contributed by atoms with Gasteiger partial charge >= 0.3 is 6.61 Å². The van der Waals surface area contributed by atoms with Gasteiger partial charge in [-0.15, -0.1) is 0 Å². The first-order valence-corrected chi connectivity index (χ1v) is 8.27. The van der Waals surface area contributed by atoms with Crippen LogP contribution in [0.15, 0.2) is 42.5 Å². The molecule has 8 heteroatoms. The zero-order valence-corrected chi connectivity index (χ0v) is 14.2. The van der Waals surface area contributed by atoms with Crippen LogP contribution in [0, 0.1) is 17.1 Å². The number of benzene rings is 2. The molecule has 1 aliphatic rings. The molecule has 0 radical (unpaired) electrons. The number of nitriles is 1. The Balaban J connectivity index is 1.68. The maximum atomic E-state index is 13.8. The molecule has 0 saturated carbocycles. The molecule has 0 atom stereocenters. The Hall–Kier alpha value is -3.21. The Kier molecular flexibility index (Phi) is 5.50. The van der Waals surface area contributed by atoms with Crippen molar-refractivity contribution in [1.29, 1.82) is 5.26 Å². The van der Waals surface area contributed by atoms with Gasteiger partial charge in [0.2, 0.25) is 0 Å². The van der Waals surface area contributed by atoms with Crippen LogP contribution in [0.3, 0.4) is 0 Å². The van der Waals surface area contributed by atoms with Crippen molar-refractivity contribution < 1.29 is 22.7 Å². The summed E-state index contributed by atoms with van der Waals surface area (Å²) in [7, 11) is 0. The van der Waals surface area contributed by atoms with Crippen LogP contribution in [0.2, 0.25) is 0 Å². The predicted octanol–water partition coefficient (Wildman–Crippen LogP) is 3.26. The van der Waals surface area contributed by atoms with E-state index in [1.807, 2.05) is 11.0 Å². The highest BCUT2D eigenvalue weighted by Gasteiger charge is 2.24. The van der Waals surface area contributed by atoms with Crippen LogP contribution in [-0.4, -0.2) is 43.6 Å². The summed E-state index contributed by atoms with van der Waals surface area (Å²) in [5, 5.41) is 9.16. The first-order valence-electron chi connectivity index (χ1n) is 8.27. The van der Waals surface area contributed by atoms with E-state index >= 15 is 0 Å². The van der Waals surface area contributed by atoms with Crippen LogP contribution in [0.25, 0.3) is 0 Å². The van der Waals surface area contributed by atoms with Crippen molar-refractivity contribution in [2.45, 2.75) is 6.61 Å². The van der Waals surface area contributed by atoms with Gasteiger partial charge in [-0.2, -0.15) is 14.0 Å². The smallest absolute Gasteiger partial charge is 0.387 e. The van der Waals surface area contributed by atoms with Gasteiger partial charge in [0, 0.05) is 31.7 Å². The third kappa shape index (κ3) is 4.14. The number of rotatable bonds is 4. The number of alkyl halides is 2. The molecule has 140 valence electrons. The Morgan fingerprint density at radius 2 is 1.81 bits per heavy atom. The summed E-state index contributed by atoms with van der Waals surface area (Å²) in [6.45, 7) is -1.38. The van der Waals surface area contributed by atoms with Crippen molar-refractivity contribution in [2.75, 3.05) is 31.1 Å². The summed E-state index contributed by atoms with van der Waals surface area (Å²) in [6, 6.07) is 12.0. The summed E-state index contributed by atoms with van der Waals surface area (Å²) in [5.74, 6) is -0.952. The van der Waals surface area contributed by atoms with Crippen LogP contribution in [0.5, 0.6) is 5.75 Å². The molecular weight excluding hydrogens is 359 g/mol. The second kappa shape index (κ2) is 7.99. The molecule has 1 fully saturated rings. The van der Waals surface area contributed by atoms with Crippen molar-refractivity contribution >= 4 is 11.6 Å². The number of ether oxygens (including phenoxy) is 1. The predicted molar refractivity (Wildman–Crippen MR) is 92.3 cm³/mol. The van der Waals surface area contributed by atoms with E-state index in [1.54, 1.807) is 11.0 Å². The van der Waals surface area contributed by atoms with Crippen LogP contribution >= 0.6 is 0 Å². The summed E-state index contributed by atoms with van der Waals surface area (Å²) in [4.78, 5) is 16.0. The van der Waals surface area contributed by atoms with E-state index in [4.69, 9.17) is 5.26 Å². The lowest BCUT2D eigenvalue weighted by Crippen LogP contribution is -2.49. The summed E-state index contributed by atoms with van der Waals surface area (Å²) in [5.41, 5.74) is 0.733. The molecule has 27 heavy (non-hydrogen) atoms. The average Bonchev–Trinajstić information content (AvgIpc) is 2.67. The Labute approximate surface area is 154 Å². The average molecular weight is 375 g/mol. The SMILES string of the molecule is N#Cc1c(F)cccc1N1CCN(C(=O)c2cccc(OC(F)F)c2)CC1. The van der Waals surface area contributed by atoms with Crippen LogP contribution in [0.4, 0.5) is 18.9 Å². The van der Waals surface area contributed by atoms with Crippen molar-refractivity contribution in [3.8, 4) is 11.8 Å². The molecular formula is C19H16F3N3O2.